The molecule has 0 fully saturated rings. The Morgan fingerprint density at radius 2 is 1.82 bits per heavy atom. The van der Waals surface area contributed by atoms with Gasteiger partial charge in [0.05, 0.1) is 23.0 Å². The number of aryl methyl sites for hydroxylation is 1. The van der Waals surface area contributed by atoms with E-state index in [0.29, 0.717) is 37.1 Å². The number of halogens is 1. The highest BCUT2D eigenvalue weighted by Crippen LogP contribution is 2.32. The van der Waals surface area contributed by atoms with Crippen LogP contribution in [0.15, 0.2) is 67.3 Å². The van der Waals surface area contributed by atoms with Gasteiger partial charge in [-0.1, -0.05) is 38.1 Å². The molecule has 0 unspecified atom stereocenters. The topological polar surface area (TPSA) is 50.5 Å². The largest absolute Gasteiger partial charge is 0.439 e. The SMILES string of the molecule is C=CCC[C@H](O)CN(Cc1c(C)nn(-c2ccccc2)c1Oc1ccc(F)cc1)CC(C)C. The molecule has 0 amide bonds. The molecule has 1 aromatic heterocycles. The molecule has 0 radical (unpaired) electrons. The highest BCUT2D eigenvalue weighted by molar-refractivity contribution is 5.43. The van der Waals surface area contributed by atoms with Crippen molar-refractivity contribution in [1.82, 2.24) is 14.7 Å². The van der Waals surface area contributed by atoms with Gasteiger partial charge in [0, 0.05) is 19.6 Å². The van der Waals surface area contributed by atoms with E-state index in [1.807, 2.05) is 43.3 Å². The monoisotopic (exact) mass is 451 g/mol. The van der Waals surface area contributed by atoms with Crippen LogP contribution in [0.3, 0.4) is 0 Å². The van der Waals surface area contributed by atoms with Gasteiger partial charge in [0.2, 0.25) is 5.88 Å². The van der Waals surface area contributed by atoms with E-state index in [2.05, 4.69) is 25.3 Å². The summed E-state index contributed by atoms with van der Waals surface area (Å²) in [6.07, 6.45) is 2.85. The van der Waals surface area contributed by atoms with Crippen LogP contribution in [0, 0.1) is 18.7 Å². The summed E-state index contributed by atoms with van der Waals surface area (Å²) in [5.74, 6) is 1.25. The molecule has 1 heterocycles. The van der Waals surface area contributed by atoms with E-state index in [0.717, 1.165) is 29.9 Å². The van der Waals surface area contributed by atoms with E-state index >= 15 is 0 Å². The third-order valence-electron chi connectivity index (χ3n) is 5.34. The Morgan fingerprint density at radius 1 is 1.12 bits per heavy atom. The minimum Gasteiger partial charge on any atom is -0.439 e. The van der Waals surface area contributed by atoms with Crippen molar-refractivity contribution >= 4 is 0 Å². The number of rotatable bonds is 12. The number of aromatic nitrogens is 2. The number of aliphatic hydroxyl groups excluding tert-OH is 1. The molecule has 3 rings (SSSR count). The molecule has 0 bridgehead atoms. The molecule has 0 spiro atoms. The van der Waals surface area contributed by atoms with Gasteiger partial charge in [-0.2, -0.15) is 5.10 Å². The molecule has 176 valence electrons. The summed E-state index contributed by atoms with van der Waals surface area (Å²) in [4.78, 5) is 2.25. The zero-order chi connectivity index (χ0) is 23.8. The van der Waals surface area contributed by atoms with Gasteiger partial charge >= 0.3 is 0 Å². The number of ether oxygens (including phenoxy) is 1. The maximum atomic E-state index is 13.4. The number of hydrogen-bond donors (Lipinski definition) is 1. The van der Waals surface area contributed by atoms with Gasteiger partial charge in [0.25, 0.3) is 0 Å². The summed E-state index contributed by atoms with van der Waals surface area (Å²) >= 11 is 0. The van der Waals surface area contributed by atoms with Crippen molar-refractivity contribution in [2.45, 2.75) is 46.3 Å². The predicted molar refractivity (Wildman–Crippen MR) is 130 cm³/mol. The normalized spacial score (nSPS) is 12.3. The summed E-state index contributed by atoms with van der Waals surface area (Å²) in [5, 5.41) is 15.3. The Bertz CT molecular complexity index is 1020. The number of aliphatic hydroxyl groups is 1. The summed E-state index contributed by atoms with van der Waals surface area (Å²) in [7, 11) is 0. The van der Waals surface area contributed by atoms with Crippen LogP contribution in [-0.4, -0.2) is 39.0 Å². The molecular weight excluding hydrogens is 417 g/mol. The van der Waals surface area contributed by atoms with Gasteiger partial charge in [-0.3, -0.25) is 4.90 Å². The zero-order valence-corrected chi connectivity index (χ0v) is 19.7. The van der Waals surface area contributed by atoms with Crippen LogP contribution in [-0.2, 0) is 6.54 Å². The first-order valence-corrected chi connectivity index (χ1v) is 11.5. The molecule has 0 saturated heterocycles. The molecule has 1 atom stereocenters. The molecule has 6 heteroatoms. The third kappa shape index (κ3) is 7.01. The highest BCUT2D eigenvalue weighted by atomic mass is 19.1. The second-order valence-corrected chi connectivity index (χ2v) is 8.78. The van der Waals surface area contributed by atoms with E-state index in [4.69, 9.17) is 9.84 Å². The van der Waals surface area contributed by atoms with E-state index in [-0.39, 0.29) is 5.82 Å². The Labute approximate surface area is 196 Å². The lowest BCUT2D eigenvalue weighted by molar-refractivity contribution is 0.0952. The van der Waals surface area contributed by atoms with Crippen molar-refractivity contribution in [2.24, 2.45) is 5.92 Å². The highest BCUT2D eigenvalue weighted by Gasteiger charge is 2.23. The van der Waals surface area contributed by atoms with Crippen molar-refractivity contribution in [3.8, 4) is 17.3 Å². The van der Waals surface area contributed by atoms with Gasteiger partial charge in [0.1, 0.15) is 11.6 Å². The zero-order valence-electron chi connectivity index (χ0n) is 19.7. The standard InChI is InChI=1S/C27H34FN3O2/c1-5-6-12-24(32)18-30(17-20(2)3)19-26-21(4)29-31(23-10-8-7-9-11-23)27(26)33-25-15-13-22(28)14-16-25/h5,7-11,13-16,20,24,32H,1,6,12,17-19H2,2-4H3/t24-/m0/s1. The molecule has 1 N–H and O–H groups in total. The fourth-order valence-corrected chi connectivity index (χ4v) is 3.83. The first-order chi connectivity index (χ1) is 15.9. The van der Waals surface area contributed by atoms with Crippen LogP contribution < -0.4 is 4.74 Å². The number of hydrogen-bond acceptors (Lipinski definition) is 4. The quantitative estimate of drug-likeness (QED) is 0.349. The van der Waals surface area contributed by atoms with Crippen molar-refractivity contribution in [3.63, 3.8) is 0 Å². The van der Waals surface area contributed by atoms with Crippen molar-refractivity contribution in [3.05, 3.63) is 84.3 Å². The Balaban J connectivity index is 1.96. The molecule has 0 aliphatic heterocycles. The van der Waals surface area contributed by atoms with Crippen LogP contribution in [0.4, 0.5) is 4.39 Å². The number of para-hydroxylation sites is 1. The summed E-state index contributed by atoms with van der Waals surface area (Å²) in [5.41, 5.74) is 2.68. The number of nitrogens with zero attached hydrogens (tertiary/aromatic N) is 3. The van der Waals surface area contributed by atoms with Crippen LogP contribution in [0.2, 0.25) is 0 Å². The van der Waals surface area contributed by atoms with E-state index in [1.165, 1.54) is 12.1 Å². The fourth-order valence-electron chi connectivity index (χ4n) is 3.83. The molecule has 0 aliphatic rings. The Kier molecular flexibility index (Phi) is 8.80. The summed E-state index contributed by atoms with van der Waals surface area (Å²) in [6.45, 7) is 12.0. The summed E-state index contributed by atoms with van der Waals surface area (Å²) in [6, 6.07) is 15.8. The molecule has 0 saturated carbocycles. The van der Waals surface area contributed by atoms with Crippen molar-refractivity contribution in [2.75, 3.05) is 13.1 Å². The maximum Gasteiger partial charge on any atom is 0.227 e. The van der Waals surface area contributed by atoms with Crippen LogP contribution in [0.5, 0.6) is 11.6 Å². The Hall–Kier alpha value is -2.96. The first-order valence-electron chi connectivity index (χ1n) is 11.5. The van der Waals surface area contributed by atoms with Gasteiger partial charge in [-0.15, -0.1) is 6.58 Å². The second-order valence-electron chi connectivity index (χ2n) is 8.78. The summed E-state index contributed by atoms with van der Waals surface area (Å²) < 4.78 is 21.5. The lowest BCUT2D eigenvalue weighted by Crippen LogP contribution is -2.35. The van der Waals surface area contributed by atoms with E-state index in [9.17, 15) is 9.50 Å². The third-order valence-corrected chi connectivity index (χ3v) is 5.34. The molecule has 2 aromatic carbocycles. The average Bonchev–Trinajstić information content (AvgIpc) is 3.09. The smallest absolute Gasteiger partial charge is 0.227 e. The lowest BCUT2D eigenvalue weighted by atomic mass is 10.1. The lowest BCUT2D eigenvalue weighted by Gasteiger charge is -2.27. The Morgan fingerprint density at radius 3 is 2.45 bits per heavy atom. The molecule has 3 aromatic rings. The van der Waals surface area contributed by atoms with E-state index < -0.39 is 6.10 Å². The minimum atomic E-state index is -0.437. The van der Waals surface area contributed by atoms with Crippen LogP contribution in [0.1, 0.15) is 37.9 Å². The first kappa shape index (κ1) is 24.7. The number of allylic oxidation sites excluding steroid dienone is 1. The fraction of sp³-hybridized carbons (Fsp3) is 0.370. The average molecular weight is 452 g/mol. The molecule has 33 heavy (non-hydrogen) atoms. The van der Waals surface area contributed by atoms with Gasteiger partial charge < -0.3 is 9.84 Å². The molecule has 5 nitrogen and oxygen atoms in total. The van der Waals surface area contributed by atoms with Crippen LogP contribution >= 0.6 is 0 Å². The van der Waals surface area contributed by atoms with Gasteiger partial charge in [-0.05, 0) is 62.1 Å². The predicted octanol–water partition coefficient (Wildman–Crippen LogP) is 5.90. The number of benzene rings is 2. The second kappa shape index (κ2) is 11.8. The van der Waals surface area contributed by atoms with Crippen molar-refractivity contribution in [1.29, 1.82) is 0 Å². The molecular formula is C27H34FN3O2. The molecule has 0 aliphatic carbocycles. The van der Waals surface area contributed by atoms with Crippen molar-refractivity contribution < 1.29 is 14.2 Å². The van der Waals surface area contributed by atoms with Gasteiger partial charge in [0.15, 0.2) is 0 Å². The minimum absolute atomic E-state index is 0.313. The van der Waals surface area contributed by atoms with Crippen LogP contribution in [0.25, 0.3) is 5.69 Å². The van der Waals surface area contributed by atoms with Gasteiger partial charge in [-0.25, -0.2) is 9.07 Å². The maximum absolute atomic E-state index is 13.4. The van der Waals surface area contributed by atoms with E-state index in [1.54, 1.807) is 16.8 Å².